The number of aryl methyl sites for hydroxylation is 1. The first-order chi connectivity index (χ1) is 9.02. The first-order valence-electron chi connectivity index (χ1n) is 6.39. The van der Waals surface area contributed by atoms with Crippen molar-refractivity contribution in [2.45, 2.75) is 32.7 Å². The number of halogens is 1. The number of nitrogens with one attached hydrogen (secondary N) is 1. The molecule has 0 saturated carbocycles. The molecule has 0 aliphatic carbocycles. The molecule has 1 aliphatic heterocycles. The highest BCUT2D eigenvalue weighted by atomic mass is 79.9. The molecular weight excluding hydrogens is 308 g/mol. The summed E-state index contributed by atoms with van der Waals surface area (Å²) in [5, 5.41) is 2.76. The second kappa shape index (κ2) is 5.74. The lowest BCUT2D eigenvalue weighted by molar-refractivity contribution is -0.125. The molecular formula is C14H17BrN2O2. The third-order valence-electron chi connectivity index (χ3n) is 3.34. The van der Waals surface area contributed by atoms with Crippen molar-refractivity contribution in [2.24, 2.45) is 0 Å². The summed E-state index contributed by atoms with van der Waals surface area (Å²) in [5.41, 5.74) is 1.95. The van der Waals surface area contributed by atoms with Gasteiger partial charge < -0.3 is 10.2 Å². The smallest absolute Gasteiger partial charge is 0.249 e. The van der Waals surface area contributed by atoms with E-state index in [2.05, 4.69) is 21.2 Å². The van der Waals surface area contributed by atoms with E-state index in [0.29, 0.717) is 19.4 Å². The summed E-state index contributed by atoms with van der Waals surface area (Å²) in [6.45, 7) is 4.33. The Morgan fingerprint density at radius 2 is 2.16 bits per heavy atom. The zero-order valence-corrected chi connectivity index (χ0v) is 12.7. The number of hydrogen-bond acceptors (Lipinski definition) is 2. The monoisotopic (exact) mass is 324 g/mol. The van der Waals surface area contributed by atoms with E-state index in [1.54, 1.807) is 4.90 Å². The molecule has 1 saturated heterocycles. The molecule has 4 nitrogen and oxygen atoms in total. The van der Waals surface area contributed by atoms with Crippen LogP contribution in [0.25, 0.3) is 0 Å². The Labute approximate surface area is 121 Å². The Hall–Kier alpha value is -1.36. The summed E-state index contributed by atoms with van der Waals surface area (Å²) in [7, 11) is 0. The highest BCUT2D eigenvalue weighted by Crippen LogP contribution is 2.25. The zero-order valence-electron chi connectivity index (χ0n) is 11.1. The van der Waals surface area contributed by atoms with Crippen molar-refractivity contribution in [3.8, 4) is 0 Å². The van der Waals surface area contributed by atoms with E-state index in [4.69, 9.17) is 0 Å². The van der Waals surface area contributed by atoms with Gasteiger partial charge in [0.1, 0.15) is 6.04 Å². The SMILES string of the molecule is CCC1NC(=O)CCN(c2ccc(C)c(Br)c2)C1=O. The van der Waals surface area contributed by atoms with Crippen LogP contribution in [0.15, 0.2) is 22.7 Å². The van der Waals surface area contributed by atoms with Crippen LogP contribution in [-0.2, 0) is 9.59 Å². The topological polar surface area (TPSA) is 49.4 Å². The number of hydrogen-bond donors (Lipinski definition) is 1. The summed E-state index contributed by atoms with van der Waals surface area (Å²) in [5.74, 6) is -0.0991. The number of amides is 2. The Kier molecular flexibility index (Phi) is 4.24. The Bertz CT molecular complexity index is 516. The second-order valence-electron chi connectivity index (χ2n) is 4.70. The van der Waals surface area contributed by atoms with Gasteiger partial charge in [0.2, 0.25) is 11.8 Å². The molecule has 0 aromatic heterocycles. The van der Waals surface area contributed by atoms with E-state index in [9.17, 15) is 9.59 Å². The van der Waals surface area contributed by atoms with Crippen LogP contribution < -0.4 is 10.2 Å². The molecule has 1 fully saturated rings. The number of benzene rings is 1. The Morgan fingerprint density at radius 3 is 2.79 bits per heavy atom. The highest BCUT2D eigenvalue weighted by Gasteiger charge is 2.29. The first kappa shape index (κ1) is 14.1. The lowest BCUT2D eigenvalue weighted by Gasteiger charge is -2.24. The van der Waals surface area contributed by atoms with E-state index in [1.807, 2.05) is 32.0 Å². The predicted molar refractivity (Wildman–Crippen MR) is 78.1 cm³/mol. The Balaban J connectivity index is 2.33. The summed E-state index contributed by atoms with van der Waals surface area (Å²) in [4.78, 5) is 25.7. The fourth-order valence-corrected chi connectivity index (χ4v) is 2.49. The van der Waals surface area contributed by atoms with Crippen LogP contribution in [-0.4, -0.2) is 24.4 Å². The molecule has 1 aromatic carbocycles. The van der Waals surface area contributed by atoms with Gasteiger partial charge in [-0.1, -0.05) is 28.9 Å². The number of rotatable bonds is 2. The second-order valence-corrected chi connectivity index (χ2v) is 5.56. The maximum Gasteiger partial charge on any atom is 0.249 e. The van der Waals surface area contributed by atoms with Crippen LogP contribution in [0, 0.1) is 6.92 Å². The predicted octanol–water partition coefficient (Wildman–Crippen LogP) is 2.39. The third kappa shape index (κ3) is 2.97. The molecule has 2 rings (SSSR count). The van der Waals surface area contributed by atoms with Crippen molar-refractivity contribution in [2.75, 3.05) is 11.4 Å². The first-order valence-corrected chi connectivity index (χ1v) is 7.19. The lowest BCUT2D eigenvalue weighted by Crippen LogP contribution is -2.44. The number of nitrogens with zero attached hydrogens (tertiary/aromatic N) is 1. The number of anilines is 1. The standard InChI is InChI=1S/C14H17BrN2O2/c1-3-12-14(19)17(7-6-13(18)16-12)10-5-4-9(2)11(15)8-10/h4-5,8,12H,3,6-7H2,1-2H3,(H,16,18). The van der Waals surface area contributed by atoms with Gasteiger partial charge >= 0.3 is 0 Å². The molecule has 19 heavy (non-hydrogen) atoms. The zero-order chi connectivity index (χ0) is 14.0. The van der Waals surface area contributed by atoms with Crippen molar-refractivity contribution < 1.29 is 9.59 Å². The fourth-order valence-electron chi connectivity index (χ4n) is 2.12. The van der Waals surface area contributed by atoms with Crippen molar-refractivity contribution in [1.29, 1.82) is 0 Å². The third-order valence-corrected chi connectivity index (χ3v) is 4.19. The molecule has 1 atom stereocenters. The van der Waals surface area contributed by atoms with Crippen molar-refractivity contribution >= 4 is 33.4 Å². The van der Waals surface area contributed by atoms with Crippen LogP contribution in [0.5, 0.6) is 0 Å². The van der Waals surface area contributed by atoms with Crippen molar-refractivity contribution in [1.82, 2.24) is 5.32 Å². The van der Waals surface area contributed by atoms with E-state index >= 15 is 0 Å². The van der Waals surface area contributed by atoms with E-state index in [0.717, 1.165) is 15.7 Å². The fraction of sp³-hybridized carbons (Fsp3) is 0.429. The van der Waals surface area contributed by atoms with Gasteiger partial charge in [-0.15, -0.1) is 0 Å². The molecule has 1 heterocycles. The summed E-state index contributed by atoms with van der Waals surface area (Å²) < 4.78 is 0.967. The number of carbonyl (C=O) groups excluding carboxylic acids is 2. The molecule has 1 N–H and O–H groups in total. The summed E-state index contributed by atoms with van der Waals surface area (Å²) >= 11 is 3.48. The summed E-state index contributed by atoms with van der Waals surface area (Å²) in [6, 6.07) is 5.39. The normalized spacial score (nSPS) is 20.2. The van der Waals surface area contributed by atoms with E-state index < -0.39 is 6.04 Å². The van der Waals surface area contributed by atoms with Crippen molar-refractivity contribution in [3.05, 3.63) is 28.2 Å². The average Bonchev–Trinajstić information content (AvgIpc) is 2.53. The molecule has 5 heteroatoms. The van der Waals surface area contributed by atoms with Gasteiger partial charge in [-0.05, 0) is 31.0 Å². The highest BCUT2D eigenvalue weighted by molar-refractivity contribution is 9.10. The molecule has 102 valence electrons. The molecule has 1 aromatic rings. The van der Waals surface area contributed by atoms with Gasteiger partial charge in [-0.3, -0.25) is 9.59 Å². The van der Waals surface area contributed by atoms with Crippen LogP contribution in [0.2, 0.25) is 0 Å². The maximum atomic E-state index is 12.4. The molecule has 1 aliphatic rings. The lowest BCUT2D eigenvalue weighted by atomic mass is 10.1. The maximum absolute atomic E-state index is 12.4. The van der Waals surface area contributed by atoms with Gasteiger partial charge in [0.25, 0.3) is 0 Å². The summed E-state index contributed by atoms with van der Waals surface area (Å²) in [6.07, 6.45) is 0.946. The van der Waals surface area contributed by atoms with Crippen LogP contribution >= 0.6 is 15.9 Å². The van der Waals surface area contributed by atoms with Crippen LogP contribution in [0.1, 0.15) is 25.3 Å². The van der Waals surface area contributed by atoms with Crippen molar-refractivity contribution in [3.63, 3.8) is 0 Å². The molecule has 0 radical (unpaired) electrons. The van der Waals surface area contributed by atoms with Crippen LogP contribution in [0.3, 0.4) is 0 Å². The molecule has 0 bridgehead atoms. The van der Waals surface area contributed by atoms with Gasteiger partial charge in [0.05, 0.1) is 0 Å². The average molecular weight is 325 g/mol. The molecule has 1 unspecified atom stereocenters. The van der Waals surface area contributed by atoms with Gasteiger partial charge in [0.15, 0.2) is 0 Å². The van der Waals surface area contributed by atoms with E-state index in [-0.39, 0.29) is 11.8 Å². The minimum atomic E-state index is -0.421. The molecule has 0 spiro atoms. The Morgan fingerprint density at radius 1 is 1.42 bits per heavy atom. The molecule has 2 amide bonds. The van der Waals surface area contributed by atoms with Gasteiger partial charge in [-0.2, -0.15) is 0 Å². The minimum Gasteiger partial charge on any atom is -0.344 e. The quantitative estimate of drug-likeness (QED) is 0.908. The van der Waals surface area contributed by atoms with Crippen LogP contribution in [0.4, 0.5) is 5.69 Å². The number of carbonyl (C=O) groups is 2. The largest absolute Gasteiger partial charge is 0.344 e. The van der Waals surface area contributed by atoms with Gasteiger partial charge in [0, 0.05) is 23.1 Å². The van der Waals surface area contributed by atoms with E-state index in [1.165, 1.54) is 0 Å². The van der Waals surface area contributed by atoms with Gasteiger partial charge in [-0.25, -0.2) is 0 Å². The minimum absolute atomic E-state index is 0.0379.